The molecule has 2 rings (SSSR count). The van der Waals surface area contributed by atoms with Gasteiger partial charge in [-0.25, -0.2) is 8.42 Å². The summed E-state index contributed by atoms with van der Waals surface area (Å²) in [7, 11) is -2.06. The zero-order chi connectivity index (χ0) is 13.2. The maximum Gasteiger partial charge on any atom is 0.246 e. The lowest BCUT2D eigenvalue weighted by Crippen LogP contribution is -2.40. The number of morpholine rings is 1. The van der Waals surface area contributed by atoms with Crippen LogP contribution in [0.4, 0.5) is 0 Å². The molecule has 0 atom stereocenters. The molecule has 0 aliphatic carbocycles. The van der Waals surface area contributed by atoms with Gasteiger partial charge in [0.25, 0.3) is 0 Å². The number of hydrogen-bond acceptors (Lipinski definition) is 4. The summed E-state index contributed by atoms with van der Waals surface area (Å²) in [5, 5.41) is 0. The standard InChI is InChI=1S/C11H14BrNO4S/c1-16-10-8-9(12)2-3-11(10)18(14,15)13-4-6-17-7-5-13/h2-3,8H,4-7H2,1H3. The third-order valence-corrected chi connectivity index (χ3v) is 5.14. The van der Waals surface area contributed by atoms with E-state index in [4.69, 9.17) is 9.47 Å². The van der Waals surface area contributed by atoms with Gasteiger partial charge < -0.3 is 9.47 Å². The Morgan fingerprint density at radius 1 is 1.33 bits per heavy atom. The molecule has 100 valence electrons. The molecule has 1 aliphatic rings. The molecule has 0 aromatic heterocycles. The van der Waals surface area contributed by atoms with Gasteiger partial charge in [-0.1, -0.05) is 15.9 Å². The average Bonchev–Trinajstić information content (AvgIpc) is 2.39. The summed E-state index contributed by atoms with van der Waals surface area (Å²) in [6, 6.07) is 4.89. The predicted molar refractivity (Wildman–Crippen MR) is 70.3 cm³/mol. The number of sulfonamides is 1. The first kappa shape index (κ1) is 13.8. The number of benzene rings is 1. The molecular weight excluding hydrogens is 322 g/mol. The van der Waals surface area contributed by atoms with Crippen molar-refractivity contribution < 1.29 is 17.9 Å². The fourth-order valence-electron chi connectivity index (χ4n) is 1.78. The van der Waals surface area contributed by atoms with Crippen LogP contribution in [0.1, 0.15) is 0 Å². The summed E-state index contributed by atoms with van der Waals surface area (Å²) in [5.41, 5.74) is 0. The van der Waals surface area contributed by atoms with E-state index in [-0.39, 0.29) is 4.90 Å². The lowest BCUT2D eigenvalue weighted by Gasteiger charge is -2.26. The van der Waals surface area contributed by atoms with Gasteiger partial charge in [-0.15, -0.1) is 0 Å². The second-order valence-corrected chi connectivity index (χ2v) is 6.63. The van der Waals surface area contributed by atoms with Crippen molar-refractivity contribution in [1.82, 2.24) is 4.31 Å². The van der Waals surface area contributed by atoms with E-state index in [1.54, 1.807) is 18.2 Å². The second kappa shape index (κ2) is 5.56. The zero-order valence-electron chi connectivity index (χ0n) is 9.93. The Kier molecular flexibility index (Phi) is 4.26. The lowest BCUT2D eigenvalue weighted by atomic mass is 10.3. The molecule has 1 aromatic carbocycles. The molecule has 0 saturated carbocycles. The maximum atomic E-state index is 12.5. The second-order valence-electron chi connectivity index (χ2n) is 3.81. The van der Waals surface area contributed by atoms with Gasteiger partial charge in [0, 0.05) is 17.6 Å². The van der Waals surface area contributed by atoms with Crippen LogP contribution in [0.15, 0.2) is 27.6 Å². The van der Waals surface area contributed by atoms with Crippen molar-refractivity contribution in [3.63, 3.8) is 0 Å². The number of nitrogens with zero attached hydrogens (tertiary/aromatic N) is 1. The van der Waals surface area contributed by atoms with E-state index in [1.807, 2.05) is 0 Å². The Morgan fingerprint density at radius 2 is 2.00 bits per heavy atom. The van der Waals surface area contributed by atoms with Gasteiger partial charge in [0.05, 0.1) is 20.3 Å². The predicted octanol–water partition coefficient (Wildman–Crippen LogP) is 1.48. The average molecular weight is 336 g/mol. The number of rotatable bonds is 3. The van der Waals surface area contributed by atoms with Gasteiger partial charge in [0.15, 0.2) is 0 Å². The van der Waals surface area contributed by atoms with Gasteiger partial charge >= 0.3 is 0 Å². The van der Waals surface area contributed by atoms with E-state index in [9.17, 15) is 8.42 Å². The van der Waals surface area contributed by atoms with Crippen LogP contribution in [-0.4, -0.2) is 46.1 Å². The third-order valence-electron chi connectivity index (χ3n) is 2.71. The van der Waals surface area contributed by atoms with Crippen molar-refractivity contribution in [2.45, 2.75) is 4.90 Å². The van der Waals surface area contributed by atoms with Crippen molar-refractivity contribution in [3.8, 4) is 5.75 Å². The van der Waals surface area contributed by atoms with Crippen LogP contribution in [0.2, 0.25) is 0 Å². The van der Waals surface area contributed by atoms with Gasteiger partial charge in [-0.2, -0.15) is 4.31 Å². The summed E-state index contributed by atoms with van der Waals surface area (Å²) in [5.74, 6) is 0.343. The Balaban J connectivity index is 2.40. The van der Waals surface area contributed by atoms with Crippen molar-refractivity contribution in [2.24, 2.45) is 0 Å². The smallest absolute Gasteiger partial charge is 0.246 e. The summed E-state index contributed by atoms with van der Waals surface area (Å²) >= 11 is 3.29. The maximum absolute atomic E-state index is 12.5. The number of halogens is 1. The van der Waals surface area contributed by atoms with Crippen molar-refractivity contribution in [2.75, 3.05) is 33.4 Å². The minimum Gasteiger partial charge on any atom is -0.495 e. The SMILES string of the molecule is COc1cc(Br)ccc1S(=O)(=O)N1CCOCC1. The fraction of sp³-hybridized carbons (Fsp3) is 0.455. The topological polar surface area (TPSA) is 55.8 Å². The summed E-state index contributed by atoms with van der Waals surface area (Å²) in [6.07, 6.45) is 0. The Labute approximate surface area is 115 Å². The first-order valence-corrected chi connectivity index (χ1v) is 7.70. The van der Waals surface area contributed by atoms with E-state index in [2.05, 4.69) is 15.9 Å². The van der Waals surface area contributed by atoms with E-state index < -0.39 is 10.0 Å². The molecule has 1 saturated heterocycles. The minimum atomic E-state index is -3.51. The normalized spacial score (nSPS) is 17.7. The summed E-state index contributed by atoms with van der Waals surface area (Å²) in [4.78, 5) is 0.190. The highest BCUT2D eigenvalue weighted by Crippen LogP contribution is 2.29. The molecule has 0 spiro atoms. The van der Waals surface area contributed by atoms with E-state index in [1.165, 1.54) is 11.4 Å². The highest BCUT2D eigenvalue weighted by molar-refractivity contribution is 9.10. The van der Waals surface area contributed by atoms with Crippen LogP contribution in [0, 0.1) is 0 Å². The highest BCUT2D eigenvalue weighted by atomic mass is 79.9. The number of hydrogen-bond donors (Lipinski definition) is 0. The Morgan fingerprint density at radius 3 is 2.61 bits per heavy atom. The molecule has 0 unspecified atom stereocenters. The molecule has 0 radical (unpaired) electrons. The summed E-state index contributed by atoms with van der Waals surface area (Å²) in [6.45, 7) is 1.61. The molecule has 18 heavy (non-hydrogen) atoms. The Hall–Kier alpha value is -0.630. The van der Waals surface area contributed by atoms with Crippen molar-refractivity contribution in [3.05, 3.63) is 22.7 Å². The van der Waals surface area contributed by atoms with Crippen LogP contribution in [0.3, 0.4) is 0 Å². The van der Waals surface area contributed by atoms with Crippen molar-refractivity contribution >= 4 is 26.0 Å². The first-order valence-electron chi connectivity index (χ1n) is 5.47. The molecule has 1 aromatic rings. The molecule has 1 heterocycles. The molecule has 1 fully saturated rings. The van der Waals surface area contributed by atoms with Crippen LogP contribution in [0.5, 0.6) is 5.75 Å². The lowest BCUT2D eigenvalue weighted by molar-refractivity contribution is 0.0729. The van der Waals surface area contributed by atoms with Crippen LogP contribution < -0.4 is 4.74 Å². The number of methoxy groups -OCH3 is 1. The minimum absolute atomic E-state index is 0.190. The molecule has 0 N–H and O–H groups in total. The Bertz CT molecular complexity index is 526. The molecule has 0 amide bonds. The van der Waals surface area contributed by atoms with Crippen LogP contribution in [0.25, 0.3) is 0 Å². The quantitative estimate of drug-likeness (QED) is 0.839. The van der Waals surface area contributed by atoms with Gasteiger partial charge in [0.2, 0.25) is 10.0 Å². The zero-order valence-corrected chi connectivity index (χ0v) is 12.3. The monoisotopic (exact) mass is 335 g/mol. The largest absolute Gasteiger partial charge is 0.495 e. The summed E-state index contributed by atoms with van der Waals surface area (Å²) < 4.78 is 37.4. The van der Waals surface area contributed by atoms with E-state index in [0.717, 1.165) is 4.47 Å². The first-order chi connectivity index (χ1) is 8.55. The van der Waals surface area contributed by atoms with Crippen molar-refractivity contribution in [1.29, 1.82) is 0 Å². The molecule has 0 bridgehead atoms. The van der Waals surface area contributed by atoms with E-state index in [0.29, 0.717) is 32.1 Å². The van der Waals surface area contributed by atoms with Gasteiger partial charge in [-0.05, 0) is 18.2 Å². The molecular formula is C11H14BrNO4S. The molecule has 1 aliphatic heterocycles. The van der Waals surface area contributed by atoms with Gasteiger partial charge in [-0.3, -0.25) is 0 Å². The fourth-order valence-corrected chi connectivity index (χ4v) is 3.67. The number of ether oxygens (including phenoxy) is 2. The molecule has 5 nitrogen and oxygen atoms in total. The van der Waals surface area contributed by atoms with E-state index >= 15 is 0 Å². The van der Waals surface area contributed by atoms with Crippen LogP contribution in [-0.2, 0) is 14.8 Å². The third kappa shape index (κ3) is 2.69. The van der Waals surface area contributed by atoms with Gasteiger partial charge in [0.1, 0.15) is 10.6 Å². The van der Waals surface area contributed by atoms with Crippen LogP contribution >= 0.6 is 15.9 Å². The molecule has 7 heteroatoms. The highest BCUT2D eigenvalue weighted by Gasteiger charge is 2.29.